The Morgan fingerprint density at radius 3 is 2.39 bits per heavy atom. The van der Waals surface area contributed by atoms with Gasteiger partial charge in [-0.3, -0.25) is 0 Å². The fraction of sp³-hybridized carbons (Fsp3) is 0.200. The Hall–Kier alpha value is -1.18. The predicted molar refractivity (Wildman–Crippen MR) is 76.7 cm³/mol. The fourth-order valence-electron chi connectivity index (χ4n) is 1.94. The average Bonchev–Trinajstić information content (AvgIpc) is 2.38. The van der Waals surface area contributed by atoms with Crippen LogP contribution in [-0.4, -0.2) is 11.0 Å². The summed E-state index contributed by atoms with van der Waals surface area (Å²) < 4.78 is 0. The summed E-state index contributed by atoms with van der Waals surface area (Å²) >= 11 is 12.0. The van der Waals surface area contributed by atoms with E-state index < -0.39 is 0 Å². The van der Waals surface area contributed by atoms with Gasteiger partial charge in [0.1, 0.15) is 5.75 Å². The van der Waals surface area contributed by atoms with Gasteiger partial charge in [-0.25, -0.2) is 0 Å². The summed E-state index contributed by atoms with van der Waals surface area (Å²) in [5.41, 5.74) is 2.30. The normalized spacial score (nSPS) is 12.3. The minimum Gasteiger partial charge on any atom is -0.508 e. The van der Waals surface area contributed by atoms with Crippen LogP contribution in [0.15, 0.2) is 48.5 Å². The van der Waals surface area contributed by atoms with Gasteiger partial charge in [-0.1, -0.05) is 35.9 Å². The van der Waals surface area contributed by atoms with Crippen molar-refractivity contribution in [2.45, 2.75) is 12.3 Å². The molecule has 0 amide bonds. The minimum atomic E-state index is 0.231. The van der Waals surface area contributed by atoms with Gasteiger partial charge < -0.3 is 5.11 Å². The molecular weight excluding hydrogens is 267 g/mol. The van der Waals surface area contributed by atoms with Crippen molar-refractivity contribution in [3.05, 3.63) is 64.7 Å². The van der Waals surface area contributed by atoms with E-state index in [1.165, 1.54) is 0 Å². The van der Waals surface area contributed by atoms with E-state index in [1.54, 1.807) is 12.1 Å². The van der Waals surface area contributed by atoms with E-state index in [0.29, 0.717) is 5.88 Å². The van der Waals surface area contributed by atoms with Crippen LogP contribution in [0.25, 0.3) is 0 Å². The Morgan fingerprint density at radius 1 is 1.06 bits per heavy atom. The number of phenolic OH excluding ortho intramolecular Hbond substituents is 1. The third-order valence-electron chi connectivity index (χ3n) is 2.92. The van der Waals surface area contributed by atoms with E-state index in [-0.39, 0.29) is 11.7 Å². The molecule has 0 fully saturated rings. The van der Waals surface area contributed by atoms with Crippen LogP contribution in [0.3, 0.4) is 0 Å². The molecule has 0 bridgehead atoms. The van der Waals surface area contributed by atoms with E-state index in [0.717, 1.165) is 22.6 Å². The lowest BCUT2D eigenvalue weighted by molar-refractivity contribution is 0.475. The second-order valence-corrected chi connectivity index (χ2v) is 5.02. The van der Waals surface area contributed by atoms with Crippen molar-refractivity contribution < 1.29 is 5.11 Å². The molecule has 0 aliphatic carbocycles. The topological polar surface area (TPSA) is 20.2 Å². The van der Waals surface area contributed by atoms with Crippen molar-refractivity contribution in [2.75, 3.05) is 5.88 Å². The molecule has 2 rings (SSSR count). The van der Waals surface area contributed by atoms with Gasteiger partial charge in [-0.05, 0) is 41.8 Å². The van der Waals surface area contributed by atoms with Gasteiger partial charge in [-0.15, -0.1) is 11.6 Å². The fourth-order valence-corrected chi connectivity index (χ4v) is 2.42. The molecule has 1 atom stereocenters. The molecule has 0 spiro atoms. The number of phenols is 1. The van der Waals surface area contributed by atoms with Crippen LogP contribution in [0.2, 0.25) is 5.02 Å². The Morgan fingerprint density at radius 2 is 1.78 bits per heavy atom. The zero-order chi connectivity index (χ0) is 13.0. The van der Waals surface area contributed by atoms with E-state index in [4.69, 9.17) is 23.2 Å². The molecule has 1 N–H and O–H groups in total. The summed E-state index contributed by atoms with van der Waals surface area (Å²) in [7, 11) is 0. The maximum absolute atomic E-state index is 9.26. The van der Waals surface area contributed by atoms with Gasteiger partial charge in [0.25, 0.3) is 0 Å². The molecule has 0 aliphatic heterocycles. The number of benzene rings is 2. The van der Waals surface area contributed by atoms with Crippen LogP contribution < -0.4 is 0 Å². The van der Waals surface area contributed by atoms with Gasteiger partial charge in [0.15, 0.2) is 0 Å². The lowest BCUT2D eigenvalue weighted by atomic mass is 9.93. The second-order valence-electron chi connectivity index (χ2n) is 4.28. The summed E-state index contributed by atoms with van der Waals surface area (Å²) in [4.78, 5) is 0. The molecule has 0 aliphatic rings. The SMILES string of the molecule is Oc1ccc(CC(CCl)c2cccc(Cl)c2)cc1. The molecule has 3 heteroatoms. The molecule has 0 heterocycles. The Labute approximate surface area is 117 Å². The Balaban J connectivity index is 2.17. The summed E-state index contributed by atoms with van der Waals surface area (Å²) in [5.74, 6) is 1.06. The molecule has 2 aromatic rings. The van der Waals surface area contributed by atoms with Crippen LogP contribution in [0.5, 0.6) is 5.75 Å². The first-order valence-corrected chi connectivity index (χ1v) is 6.69. The maximum Gasteiger partial charge on any atom is 0.115 e. The Bertz CT molecular complexity index is 508. The van der Waals surface area contributed by atoms with Crippen molar-refractivity contribution in [3.63, 3.8) is 0 Å². The maximum atomic E-state index is 9.26. The standard InChI is InChI=1S/C15H14Cl2O/c16-10-13(12-2-1-3-14(17)9-12)8-11-4-6-15(18)7-5-11/h1-7,9,13,18H,8,10H2. The molecule has 94 valence electrons. The molecule has 0 aromatic heterocycles. The van der Waals surface area contributed by atoms with E-state index in [1.807, 2.05) is 36.4 Å². The quantitative estimate of drug-likeness (QED) is 0.811. The highest BCUT2D eigenvalue weighted by Crippen LogP contribution is 2.25. The highest BCUT2D eigenvalue weighted by atomic mass is 35.5. The van der Waals surface area contributed by atoms with Crippen molar-refractivity contribution in [1.29, 1.82) is 0 Å². The third kappa shape index (κ3) is 3.41. The zero-order valence-corrected chi connectivity index (χ0v) is 11.3. The van der Waals surface area contributed by atoms with Crippen molar-refractivity contribution in [1.82, 2.24) is 0 Å². The van der Waals surface area contributed by atoms with E-state index in [9.17, 15) is 5.11 Å². The number of alkyl halides is 1. The number of aromatic hydroxyl groups is 1. The van der Waals surface area contributed by atoms with Gasteiger partial charge in [0.05, 0.1) is 0 Å². The second kappa shape index (κ2) is 6.12. The number of halogens is 2. The largest absolute Gasteiger partial charge is 0.508 e. The lowest BCUT2D eigenvalue weighted by Gasteiger charge is -2.14. The van der Waals surface area contributed by atoms with Crippen LogP contribution in [0.4, 0.5) is 0 Å². The summed E-state index contributed by atoms with van der Waals surface area (Å²) in [6.07, 6.45) is 0.837. The van der Waals surface area contributed by atoms with Crippen LogP contribution in [0.1, 0.15) is 17.0 Å². The highest BCUT2D eigenvalue weighted by Gasteiger charge is 2.11. The van der Waals surface area contributed by atoms with E-state index >= 15 is 0 Å². The van der Waals surface area contributed by atoms with E-state index in [2.05, 4.69) is 0 Å². The minimum absolute atomic E-state index is 0.231. The molecule has 0 saturated heterocycles. The van der Waals surface area contributed by atoms with Crippen molar-refractivity contribution >= 4 is 23.2 Å². The summed E-state index contributed by atoms with van der Waals surface area (Å²) in [6.45, 7) is 0. The van der Waals surface area contributed by atoms with Crippen molar-refractivity contribution in [2.24, 2.45) is 0 Å². The number of hydrogen-bond donors (Lipinski definition) is 1. The number of hydrogen-bond acceptors (Lipinski definition) is 1. The Kier molecular flexibility index (Phi) is 4.51. The van der Waals surface area contributed by atoms with Gasteiger partial charge in [-0.2, -0.15) is 0 Å². The number of rotatable bonds is 4. The lowest BCUT2D eigenvalue weighted by Crippen LogP contribution is -2.04. The monoisotopic (exact) mass is 280 g/mol. The van der Waals surface area contributed by atoms with Gasteiger partial charge in [0, 0.05) is 16.8 Å². The highest BCUT2D eigenvalue weighted by molar-refractivity contribution is 6.30. The molecule has 1 unspecified atom stereocenters. The van der Waals surface area contributed by atoms with Crippen LogP contribution >= 0.6 is 23.2 Å². The molecule has 2 aromatic carbocycles. The molecule has 0 saturated carbocycles. The predicted octanol–water partition coefficient (Wildman–Crippen LogP) is 4.61. The van der Waals surface area contributed by atoms with Gasteiger partial charge in [0.2, 0.25) is 0 Å². The molecular formula is C15H14Cl2O. The summed E-state index contributed by atoms with van der Waals surface area (Å²) in [5, 5.41) is 9.99. The third-order valence-corrected chi connectivity index (χ3v) is 3.53. The first kappa shape index (κ1) is 13.3. The summed E-state index contributed by atoms with van der Waals surface area (Å²) in [6, 6.07) is 15.0. The first-order valence-electron chi connectivity index (χ1n) is 5.78. The first-order chi connectivity index (χ1) is 8.69. The molecule has 0 radical (unpaired) electrons. The van der Waals surface area contributed by atoms with Crippen LogP contribution in [0, 0.1) is 0 Å². The van der Waals surface area contributed by atoms with Gasteiger partial charge >= 0.3 is 0 Å². The zero-order valence-electron chi connectivity index (χ0n) is 9.81. The molecule has 18 heavy (non-hydrogen) atoms. The van der Waals surface area contributed by atoms with Crippen molar-refractivity contribution in [3.8, 4) is 5.75 Å². The van der Waals surface area contributed by atoms with Crippen LogP contribution in [-0.2, 0) is 6.42 Å². The average molecular weight is 281 g/mol. The smallest absolute Gasteiger partial charge is 0.115 e. The molecule has 1 nitrogen and oxygen atoms in total.